The number of amides is 1. The molecule has 0 saturated heterocycles. The highest BCUT2D eigenvalue weighted by molar-refractivity contribution is 7.98. The van der Waals surface area contributed by atoms with Crippen LogP contribution in [-0.2, 0) is 21.9 Å². The van der Waals surface area contributed by atoms with Gasteiger partial charge in [-0.3, -0.25) is 0 Å². The van der Waals surface area contributed by atoms with E-state index in [2.05, 4.69) is 5.32 Å². The van der Waals surface area contributed by atoms with Gasteiger partial charge >= 0.3 is 12.1 Å². The zero-order valence-corrected chi connectivity index (χ0v) is 15.2. The summed E-state index contributed by atoms with van der Waals surface area (Å²) in [5.41, 5.74) is 1.88. The Hall–Kier alpha value is -2.67. The fraction of sp³-hybridized carbons (Fsp3) is 0.263. The lowest BCUT2D eigenvalue weighted by Gasteiger charge is -2.14. The van der Waals surface area contributed by atoms with Crippen LogP contribution in [0.25, 0.3) is 0 Å². The summed E-state index contributed by atoms with van der Waals surface area (Å²) in [5, 5.41) is 11.7. The molecule has 6 nitrogen and oxygen atoms in total. The van der Waals surface area contributed by atoms with Gasteiger partial charge in [0.2, 0.25) is 0 Å². The van der Waals surface area contributed by atoms with Crippen LogP contribution in [0.3, 0.4) is 0 Å². The maximum absolute atomic E-state index is 11.8. The Kier molecular flexibility index (Phi) is 7.82. The largest absolute Gasteiger partial charge is 0.497 e. The molecule has 2 aromatic carbocycles. The summed E-state index contributed by atoms with van der Waals surface area (Å²) >= 11 is 1.42. The van der Waals surface area contributed by atoms with Gasteiger partial charge in [-0.25, -0.2) is 9.59 Å². The number of ether oxygens (including phenoxy) is 2. The summed E-state index contributed by atoms with van der Waals surface area (Å²) in [6.45, 7) is 0.0952. The quantitative estimate of drug-likeness (QED) is 0.699. The summed E-state index contributed by atoms with van der Waals surface area (Å²) in [5.74, 6) is 0.546. The number of hydrogen-bond acceptors (Lipinski definition) is 5. The van der Waals surface area contributed by atoms with Gasteiger partial charge < -0.3 is 19.9 Å². The van der Waals surface area contributed by atoms with Crippen molar-refractivity contribution in [3.63, 3.8) is 0 Å². The van der Waals surface area contributed by atoms with E-state index in [0.717, 1.165) is 16.9 Å². The minimum absolute atomic E-state index is 0.0952. The molecule has 26 heavy (non-hydrogen) atoms. The Morgan fingerprint density at radius 1 is 1.08 bits per heavy atom. The third-order valence-corrected chi connectivity index (χ3v) is 4.62. The second-order valence-corrected chi connectivity index (χ2v) is 6.49. The van der Waals surface area contributed by atoms with Crippen molar-refractivity contribution in [3.05, 3.63) is 65.7 Å². The summed E-state index contributed by atoms with van der Waals surface area (Å²) in [4.78, 5) is 23.2. The van der Waals surface area contributed by atoms with E-state index in [0.29, 0.717) is 5.75 Å². The molecule has 2 rings (SSSR count). The molecule has 2 aromatic rings. The third kappa shape index (κ3) is 6.68. The van der Waals surface area contributed by atoms with Crippen LogP contribution in [0.15, 0.2) is 54.6 Å². The van der Waals surface area contributed by atoms with Crippen molar-refractivity contribution in [2.45, 2.75) is 18.4 Å². The molecule has 1 atom stereocenters. The lowest BCUT2D eigenvalue weighted by atomic mass is 10.2. The SMILES string of the molecule is COc1ccc(CSC[C@@H](NC(=O)OCc2ccccc2)C(=O)O)cc1. The number of carboxylic acids is 1. The zero-order chi connectivity index (χ0) is 18.8. The second-order valence-electron chi connectivity index (χ2n) is 5.46. The first-order valence-electron chi connectivity index (χ1n) is 7.99. The van der Waals surface area contributed by atoms with Gasteiger partial charge in [-0.15, -0.1) is 0 Å². The van der Waals surface area contributed by atoms with Gasteiger partial charge in [0.25, 0.3) is 0 Å². The van der Waals surface area contributed by atoms with Gasteiger partial charge in [0.1, 0.15) is 18.4 Å². The Bertz CT molecular complexity index is 706. The molecular formula is C19H21NO5S. The number of carbonyl (C=O) groups excluding carboxylic acids is 1. The average molecular weight is 375 g/mol. The van der Waals surface area contributed by atoms with Crippen LogP contribution >= 0.6 is 11.8 Å². The first kappa shape index (κ1) is 19.7. The molecule has 2 N–H and O–H groups in total. The van der Waals surface area contributed by atoms with Gasteiger partial charge in [-0.2, -0.15) is 11.8 Å². The maximum Gasteiger partial charge on any atom is 0.408 e. The van der Waals surface area contributed by atoms with Gasteiger partial charge in [0.05, 0.1) is 7.11 Å². The highest BCUT2D eigenvalue weighted by Gasteiger charge is 2.20. The molecule has 0 saturated carbocycles. The molecule has 138 valence electrons. The van der Waals surface area contributed by atoms with E-state index in [-0.39, 0.29) is 12.4 Å². The number of hydrogen-bond donors (Lipinski definition) is 2. The molecular weight excluding hydrogens is 354 g/mol. The fourth-order valence-electron chi connectivity index (χ4n) is 2.10. The molecule has 7 heteroatoms. The van der Waals surface area contributed by atoms with Gasteiger partial charge in [0, 0.05) is 11.5 Å². The number of carboxylic acid groups (broad SMARTS) is 1. The van der Waals surface area contributed by atoms with Crippen LogP contribution in [0.2, 0.25) is 0 Å². The lowest BCUT2D eigenvalue weighted by molar-refractivity contribution is -0.138. The van der Waals surface area contributed by atoms with Crippen molar-refractivity contribution in [2.24, 2.45) is 0 Å². The van der Waals surface area contributed by atoms with Gasteiger partial charge in [0.15, 0.2) is 0 Å². The molecule has 0 fully saturated rings. The zero-order valence-electron chi connectivity index (χ0n) is 14.4. The Morgan fingerprint density at radius 3 is 2.38 bits per heavy atom. The first-order chi connectivity index (χ1) is 12.6. The molecule has 0 bridgehead atoms. The molecule has 0 spiro atoms. The van der Waals surface area contributed by atoms with E-state index in [1.54, 1.807) is 7.11 Å². The summed E-state index contributed by atoms with van der Waals surface area (Å²) in [6.07, 6.45) is -0.744. The lowest BCUT2D eigenvalue weighted by Crippen LogP contribution is -2.42. The highest BCUT2D eigenvalue weighted by Crippen LogP contribution is 2.17. The summed E-state index contributed by atoms with van der Waals surface area (Å²) < 4.78 is 10.2. The smallest absolute Gasteiger partial charge is 0.408 e. The van der Waals surface area contributed by atoms with Crippen LogP contribution < -0.4 is 10.1 Å². The number of thioether (sulfide) groups is 1. The van der Waals surface area contributed by atoms with E-state index in [1.807, 2.05) is 54.6 Å². The number of alkyl carbamates (subject to hydrolysis) is 1. The average Bonchev–Trinajstić information content (AvgIpc) is 2.67. The normalized spacial score (nSPS) is 11.4. The highest BCUT2D eigenvalue weighted by atomic mass is 32.2. The van der Waals surface area contributed by atoms with Crippen LogP contribution in [0.5, 0.6) is 5.75 Å². The molecule has 0 aliphatic heterocycles. The van der Waals surface area contributed by atoms with Crippen LogP contribution in [0.4, 0.5) is 4.79 Å². The standard InChI is InChI=1S/C19H21NO5S/c1-24-16-9-7-15(8-10-16)12-26-13-17(18(21)22)20-19(23)25-11-14-5-3-2-4-6-14/h2-10,17H,11-13H2,1H3,(H,20,23)(H,21,22)/t17-/m1/s1. The molecule has 0 aliphatic rings. The number of rotatable bonds is 9. The minimum atomic E-state index is -1.09. The van der Waals surface area contributed by atoms with Crippen molar-refractivity contribution < 1.29 is 24.2 Å². The van der Waals surface area contributed by atoms with Crippen molar-refractivity contribution in [1.29, 1.82) is 0 Å². The molecule has 1 amide bonds. The molecule has 0 aromatic heterocycles. The van der Waals surface area contributed by atoms with E-state index >= 15 is 0 Å². The van der Waals surface area contributed by atoms with Crippen LogP contribution in [-0.4, -0.2) is 36.1 Å². The van der Waals surface area contributed by atoms with E-state index < -0.39 is 18.1 Å². The van der Waals surface area contributed by atoms with Crippen molar-refractivity contribution in [1.82, 2.24) is 5.32 Å². The van der Waals surface area contributed by atoms with E-state index in [9.17, 15) is 14.7 Å². The van der Waals surface area contributed by atoms with Gasteiger partial charge in [-0.05, 0) is 23.3 Å². The second kappa shape index (κ2) is 10.4. The predicted molar refractivity (Wildman–Crippen MR) is 100 cm³/mol. The minimum Gasteiger partial charge on any atom is -0.497 e. The molecule has 0 heterocycles. The summed E-state index contributed by atoms with van der Waals surface area (Å²) in [7, 11) is 1.60. The van der Waals surface area contributed by atoms with Crippen LogP contribution in [0, 0.1) is 0 Å². The number of aliphatic carboxylic acids is 1. The fourth-order valence-corrected chi connectivity index (χ4v) is 3.11. The monoisotopic (exact) mass is 375 g/mol. The first-order valence-corrected chi connectivity index (χ1v) is 9.14. The number of benzene rings is 2. The molecule has 0 aliphatic carbocycles. The predicted octanol–water partition coefficient (Wildman–Crippen LogP) is 3.31. The Labute approximate surface area is 156 Å². The van der Waals surface area contributed by atoms with Crippen molar-refractivity contribution >= 4 is 23.8 Å². The number of carbonyl (C=O) groups is 2. The van der Waals surface area contributed by atoms with Crippen LogP contribution in [0.1, 0.15) is 11.1 Å². The summed E-state index contributed by atoms with van der Waals surface area (Å²) in [6, 6.07) is 15.7. The Morgan fingerprint density at radius 2 is 1.77 bits per heavy atom. The van der Waals surface area contributed by atoms with Gasteiger partial charge in [-0.1, -0.05) is 42.5 Å². The Balaban J connectivity index is 1.76. The van der Waals surface area contributed by atoms with Crippen molar-refractivity contribution in [3.8, 4) is 5.75 Å². The topological polar surface area (TPSA) is 84.9 Å². The molecule has 0 radical (unpaired) electrons. The molecule has 0 unspecified atom stereocenters. The number of methoxy groups -OCH3 is 1. The maximum atomic E-state index is 11.8. The third-order valence-electron chi connectivity index (χ3n) is 3.52. The van der Waals surface area contributed by atoms with E-state index in [4.69, 9.17) is 9.47 Å². The van der Waals surface area contributed by atoms with Crippen molar-refractivity contribution in [2.75, 3.05) is 12.9 Å². The number of nitrogens with one attached hydrogen (secondary N) is 1. The van der Waals surface area contributed by atoms with E-state index in [1.165, 1.54) is 11.8 Å².